The fourth-order valence-electron chi connectivity index (χ4n) is 1.69. The molecule has 1 aliphatic heterocycles. The Morgan fingerprint density at radius 2 is 2.21 bits per heavy atom. The maximum absolute atomic E-state index is 11.3. The highest BCUT2D eigenvalue weighted by atomic mass is 16.2. The fraction of sp³-hybridized carbons (Fsp3) is 0.800. The summed E-state index contributed by atoms with van der Waals surface area (Å²) >= 11 is 0. The maximum atomic E-state index is 11.3. The molecule has 82 valence electrons. The molecule has 0 spiro atoms. The van der Waals surface area contributed by atoms with Crippen LogP contribution in [0.2, 0.25) is 0 Å². The molecule has 0 bridgehead atoms. The summed E-state index contributed by atoms with van der Waals surface area (Å²) in [6.07, 6.45) is 3.76. The Morgan fingerprint density at radius 3 is 2.79 bits per heavy atom. The molecule has 1 saturated heterocycles. The quantitative estimate of drug-likeness (QED) is 0.665. The van der Waals surface area contributed by atoms with Crippen LogP contribution in [0.3, 0.4) is 0 Å². The second-order valence-electron chi connectivity index (χ2n) is 3.41. The molecule has 0 aromatic rings. The van der Waals surface area contributed by atoms with Gasteiger partial charge < -0.3 is 10.2 Å². The molecular weight excluding hydrogens is 180 g/mol. The van der Waals surface area contributed by atoms with Crippen molar-refractivity contribution in [1.82, 2.24) is 10.2 Å². The number of nitrogens with one attached hydrogen (secondary N) is 1. The highest BCUT2D eigenvalue weighted by Crippen LogP contribution is 2.15. The largest absolute Gasteiger partial charge is 0.359 e. The van der Waals surface area contributed by atoms with Crippen LogP contribution in [0.25, 0.3) is 0 Å². The molecule has 1 fully saturated rings. The molecule has 14 heavy (non-hydrogen) atoms. The first-order chi connectivity index (χ1) is 6.27. The van der Waals surface area contributed by atoms with E-state index < -0.39 is 0 Å². The lowest BCUT2D eigenvalue weighted by Crippen LogP contribution is -2.35. The lowest BCUT2D eigenvalue weighted by Gasteiger charge is -2.18. The summed E-state index contributed by atoms with van der Waals surface area (Å²) in [5, 5.41) is 2.63. The average Bonchev–Trinajstić information content (AvgIpc) is 2.41. The zero-order valence-corrected chi connectivity index (χ0v) is 7.95. The van der Waals surface area contributed by atoms with Crippen LogP contribution in [0.5, 0.6) is 0 Å². The third-order valence-electron chi connectivity index (χ3n) is 2.47. The molecule has 0 aliphatic carbocycles. The second kappa shape index (κ2) is 6.40. The van der Waals surface area contributed by atoms with Crippen LogP contribution < -0.4 is 5.32 Å². The molecule has 1 heterocycles. The SMILES string of the molecule is C.CNC(=O)C1CCCCN(C=O)C1. The lowest BCUT2D eigenvalue weighted by molar-refractivity contribution is -0.126. The van der Waals surface area contributed by atoms with E-state index in [1.54, 1.807) is 11.9 Å². The van der Waals surface area contributed by atoms with Gasteiger partial charge in [-0.15, -0.1) is 0 Å². The van der Waals surface area contributed by atoms with Crippen molar-refractivity contribution in [3.05, 3.63) is 0 Å². The van der Waals surface area contributed by atoms with Crippen molar-refractivity contribution in [1.29, 1.82) is 0 Å². The Balaban J connectivity index is 0.00000169. The summed E-state index contributed by atoms with van der Waals surface area (Å²) < 4.78 is 0. The van der Waals surface area contributed by atoms with E-state index in [-0.39, 0.29) is 19.3 Å². The standard InChI is InChI=1S/C9H16N2O2.CH4/c1-10-9(13)8-4-2-3-5-11(6-8)7-12;/h7-8H,2-6H2,1H3,(H,10,13);1H4. The molecule has 1 aliphatic rings. The zero-order chi connectivity index (χ0) is 9.68. The molecule has 0 radical (unpaired) electrons. The summed E-state index contributed by atoms with van der Waals surface area (Å²) in [7, 11) is 1.64. The van der Waals surface area contributed by atoms with Crippen molar-refractivity contribution in [3.8, 4) is 0 Å². The molecule has 0 aromatic carbocycles. The van der Waals surface area contributed by atoms with E-state index in [0.717, 1.165) is 32.2 Å². The van der Waals surface area contributed by atoms with Crippen LogP contribution in [0.4, 0.5) is 0 Å². The van der Waals surface area contributed by atoms with Crippen molar-refractivity contribution in [2.24, 2.45) is 5.92 Å². The lowest BCUT2D eigenvalue weighted by atomic mass is 10.0. The van der Waals surface area contributed by atoms with Gasteiger partial charge in [-0.25, -0.2) is 0 Å². The molecule has 1 unspecified atom stereocenters. The number of hydrogen-bond donors (Lipinski definition) is 1. The number of amides is 2. The van der Waals surface area contributed by atoms with Gasteiger partial charge in [0, 0.05) is 20.1 Å². The van der Waals surface area contributed by atoms with E-state index in [2.05, 4.69) is 5.32 Å². The molecule has 0 aromatic heterocycles. The number of carbonyl (C=O) groups excluding carboxylic acids is 2. The van der Waals surface area contributed by atoms with Gasteiger partial charge in [0.2, 0.25) is 12.3 Å². The molecule has 0 saturated carbocycles. The number of rotatable bonds is 2. The summed E-state index contributed by atoms with van der Waals surface area (Å²) in [5.74, 6) is 0.0338. The Morgan fingerprint density at radius 1 is 1.50 bits per heavy atom. The van der Waals surface area contributed by atoms with Gasteiger partial charge in [0.15, 0.2) is 0 Å². The van der Waals surface area contributed by atoms with Gasteiger partial charge >= 0.3 is 0 Å². The van der Waals surface area contributed by atoms with Crippen molar-refractivity contribution < 1.29 is 9.59 Å². The predicted molar refractivity (Wildman–Crippen MR) is 55.8 cm³/mol. The molecule has 1 rings (SSSR count). The van der Waals surface area contributed by atoms with Gasteiger partial charge in [-0.2, -0.15) is 0 Å². The second-order valence-corrected chi connectivity index (χ2v) is 3.41. The van der Waals surface area contributed by atoms with Crippen molar-refractivity contribution in [3.63, 3.8) is 0 Å². The summed E-state index contributed by atoms with van der Waals surface area (Å²) in [6.45, 7) is 1.36. The molecule has 2 amide bonds. The zero-order valence-electron chi connectivity index (χ0n) is 7.95. The third-order valence-corrected chi connectivity index (χ3v) is 2.47. The van der Waals surface area contributed by atoms with Crippen LogP contribution >= 0.6 is 0 Å². The number of hydrogen-bond acceptors (Lipinski definition) is 2. The first kappa shape index (κ1) is 12.9. The number of carbonyl (C=O) groups is 2. The first-order valence-electron chi connectivity index (χ1n) is 4.69. The average molecular weight is 200 g/mol. The van der Waals surface area contributed by atoms with E-state index in [9.17, 15) is 9.59 Å². The molecule has 4 heteroatoms. The Bertz CT molecular complexity index is 195. The summed E-state index contributed by atoms with van der Waals surface area (Å²) in [4.78, 5) is 23.6. The highest BCUT2D eigenvalue weighted by molar-refractivity contribution is 5.78. The predicted octanol–water partition coefficient (Wildman–Crippen LogP) is 0.627. The van der Waals surface area contributed by atoms with E-state index in [1.807, 2.05) is 0 Å². The van der Waals surface area contributed by atoms with Gasteiger partial charge in [0.25, 0.3) is 0 Å². The molecule has 1 atom stereocenters. The van der Waals surface area contributed by atoms with Gasteiger partial charge in [-0.1, -0.05) is 13.8 Å². The van der Waals surface area contributed by atoms with Crippen molar-refractivity contribution in [2.45, 2.75) is 26.7 Å². The van der Waals surface area contributed by atoms with E-state index in [0.29, 0.717) is 6.54 Å². The number of likely N-dealkylation sites (tertiary alicyclic amines) is 1. The smallest absolute Gasteiger partial charge is 0.224 e. The summed E-state index contributed by atoms with van der Waals surface area (Å²) in [5.41, 5.74) is 0. The Hall–Kier alpha value is -1.06. The maximum Gasteiger partial charge on any atom is 0.224 e. The minimum Gasteiger partial charge on any atom is -0.359 e. The topological polar surface area (TPSA) is 49.4 Å². The van der Waals surface area contributed by atoms with Crippen LogP contribution in [0.1, 0.15) is 26.7 Å². The Kier molecular flexibility index (Phi) is 5.92. The fourth-order valence-corrected chi connectivity index (χ4v) is 1.69. The van der Waals surface area contributed by atoms with Crippen LogP contribution in [-0.2, 0) is 9.59 Å². The highest BCUT2D eigenvalue weighted by Gasteiger charge is 2.22. The van der Waals surface area contributed by atoms with Gasteiger partial charge in [-0.05, 0) is 12.8 Å². The minimum atomic E-state index is -0.0160. The van der Waals surface area contributed by atoms with Crippen LogP contribution in [0.15, 0.2) is 0 Å². The summed E-state index contributed by atoms with van der Waals surface area (Å²) in [6, 6.07) is 0. The monoisotopic (exact) mass is 200 g/mol. The Labute approximate surface area is 85.7 Å². The van der Waals surface area contributed by atoms with Gasteiger partial charge in [0.05, 0.1) is 5.92 Å². The molecule has 1 N–H and O–H groups in total. The van der Waals surface area contributed by atoms with Crippen LogP contribution in [-0.4, -0.2) is 37.4 Å². The van der Waals surface area contributed by atoms with E-state index in [4.69, 9.17) is 0 Å². The third kappa shape index (κ3) is 3.36. The van der Waals surface area contributed by atoms with E-state index >= 15 is 0 Å². The minimum absolute atomic E-state index is 0. The van der Waals surface area contributed by atoms with Crippen molar-refractivity contribution >= 4 is 12.3 Å². The normalized spacial score (nSPS) is 21.8. The molecular formula is C10H20N2O2. The van der Waals surface area contributed by atoms with Gasteiger partial charge in [-0.3, -0.25) is 9.59 Å². The van der Waals surface area contributed by atoms with Crippen molar-refractivity contribution in [2.75, 3.05) is 20.1 Å². The number of nitrogens with zero attached hydrogens (tertiary/aromatic N) is 1. The van der Waals surface area contributed by atoms with Gasteiger partial charge in [0.1, 0.15) is 0 Å². The molecule has 4 nitrogen and oxygen atoms in total. The van der Waals surface area contributed by atoms with Crippen LogP contribution in [0, 0.1) is 5.92 Å². The first-order valence-corrected chi connectivity index (χ1v) is 4.69. The van der Waals surface area contributed by atoms with E-state index in [1.165, 1.54) is 0 Å².